The van der Waals surface area contributed by atoms with E-state index in [0.29, 0.717) is 24.5 Å². The Kier molecular flexibility index (Phi) is 8.26. The van der Waals surface area contributed by atoms with Gasteiger partial charge in [-0.05, 0) is 77.4 Å². The number of anilines is 1. The molecule has 0 bridgehead atoms. The summed E-state index contributed by atoms with van der Waals surface area (Å²) in [6, 6.07) is 15.4. The number of aryl methyl sites for hydroxylation is 2. The maximum Gasteiger partial charge on any atom is 0.256 e. The van der Waals surface area contributed by atoms with Crippen LogP contribution in [-0.4, -0.2) is 26.5 Å². The normalized spacial score (nSPS) is 11.8. The molecule has 1 unspecified atom stereocenters. The third-order valence-corrected chi connectivity index (χ3v) is 6.41. The van der Waals surface area contributed by atoms with Crippen molar-refractivity contribution in [3.63, 3.8) is 0 Å². The molecule has 0 saturated heterocycles. The van der Waals surface area contributed by atoms with Crippen molar-refractivity contribution in [1.29, 1.82) is 0 Å². The Balaban J connectivity index is 1.42. The average molecular weight is 534 g/mol. The third kappa shape index (κ3) is 6.76. The second-order valence-electron chi connectivity index (χ2n) is 8.55. The van der Waals surface area contributed by atoms with Gasteiger partial charge in [-0.1, -0.05) is 30.3 Å². The van der Waals surface area contributed by atoms with Gasteiger partial charge in [0.15, 0.2) is 0 Å². The van der Waals surface area contributed by atoms with Crippen molar-refractivity contribution in [1.82, 2.24) is 19.9 Å². The van der Waals surface area contributed by atoms with Gasteiger partial charge in [-0.3, -0.25) is 19.6 Å². The van der Waals surface area contributed by atoms with E-state index in [1.54, 1.807) is 18.5 Å². The monoisotopic (exact) mass is 533 g/mol. The van der Waals surface area contributed by atoms with Crippen LogP contribution in [-0.2, 0) is 12.8 Å². The summed E-state index contributed by atoms with van der Waals surface area (Å²) >= 11 is 3.44. The number of aromatic nitrogens is 4. The van der Waals surface area contributed by atoms with Gasteiger partial charge in [0.1, 0.15) is 0 Å². The van der Waals surface area contributed by atoms with Gasteiger partial charge in [-0.15, -0.1) is 0 Å². The first-order valence-corrected chi connectivity index (χ1v) is 12.5. The van der Waals surface area contributed by atoms with E-state index in [1.165, 1.54) is 5.56 Å². The first-order chi connectivity index (χ1) is 17.0. The van der Waals surface area contributed by atoms with E-state index in [0.717, 1.165) is 40.6 Å². The lowest BCUT2D eigenvalue weighted by Crippen LogP contribution is -2.22. The van der Waals surface area contributed by atoms with Crippen LogP contribution in [0.15, 0.2) is 81.2 Å². The summed E-state index contributed by atoms with van der Waals surface area (Å²) in [4.78, 5) is 39.4. The quantitative estimate of drug-likeness (QED) is 0.255. The Bertz CT molecular complexity index is 1380. The number of hydrogen-bond donors (Lipinski definition) is 3. The molecule has 0 aliphatic carbocycles. The molecule has 0 aliphatic heterocycles. The number of hydrogen-bond acceptors (Lipinski definition) is 5. The third-order valence-electron chi connectivity index (χ3n) is 5.97. The Morgan fingerprint density at radius 1 is 1.03 bits per heavy atom. The van der Waals surface area contributed by atoms with Crippen molar-refractivity contribution in [3.8, 4) is 0 Å². The molecule has 3 aromatic heterocycles. The lowest BCUT2D eigenvalue weighted by atomic mass is 9.88. The van der Waals surface area contributed by atoms with Crippen LogP contribution in [0.25, 0.3) is 0 Å². The highest BCUT2D eigenvalue weighted by Crippen LogP contribution is 2.25. The van der Waals surface area contributed by atoms with Crippen LogP contribution in [0.4, 0.5) is 5.95 Å². The zero-order chi connectivity index (χ0) is 24.6. The summed E-state index contributed by atoms with van der Waals surface area (Å²) in [6.45, 7) is 2.76. The highest BCUT2D eigenvalue weighted by molar-refractivity contribution is 9.10. The summed E-state index contributed by atoms with van der Waals surface area (Å²) in [6.07, 6.45) is 8.45. The van der Waals surface area contributed by atoms with Crippen LogP contribution in [0.1, 0.15) is 46.7 Å². The molecule has 0 aliphatic rings. The number of nitrogens with zero attached hydrogens (tertiary/aromatic N) is 2. The van der Waals surface area contributed by atoms with E-state index in [-0.39, 0.29) is 17.0 Å². The minimum absolute atomic E-state index is 0.197. The van der Waals surface area contributed by atoms with Crippen molar-refractivity contribution in [3.05, 3.63) is 120 Å². The molecule has 35 heavy (non-hydrogen) atoms. The smallest absolute Gasteiger partial charge is 0.256 e. The van der Waals surface area contributed by atoms with E-state index < -0.39 is 0 Å². The van der Waals surface area contributed by atoms with Crippen molar-refractivity contribution in [2.45, 2.75) is 38.5 Å². The number of unbranched alkanes of at least 4 members (excludes halogenated alkanes) is 1. The minimum Gasteiger partial charge on any atom is -0.356 e. The minimum atomic E-state index is -0.286. The SMILES string of the molecule is Cc1cc(Br)cnc1CCCCNc1ncc(C(Cc2ccccc2)c2cc[nH]c(=O)c2)c(=O)[nH]1. The standard InChI is InChI=1S/C27H28BrN5O2/c1-18-13-21(28)16-31-24(18)9-5-6-11-30-27-32-17-23(26(35)33-27)22(14-19-7-3-2-4-8-19)20-10-12-29-25(34)15-20/h2-4,7-8,10,12-13,15-17,22H,5-6,9,11,14H2,1H3,(H,29,34)(H2,30,32,33,35). The first-order valence-electron chi connectivity index (χ1n) is 11.7. The maximum atomic E-state index is 13.0. The molecule has 7 nitrogen and oxygen atoms in total. The zero-order valence-electron chi connectivity index (χ0n) is 19.6. The van der Waals surface area contributed by atoms with E-state index in [4.69, 9.17) is 0 Å². The Morgan fingerprint density at radius 3 is 2.60 bits per heavy atom. The molecular formula is C27H28BrN5O2. The van der Waals surface area contributed by atoms with E-state index in [2.05, 4.69) is 54.2 Å². The molecule has 0 saturated carbocycles. The second-order valence-corrected chi connectivity index (χ2v) is 9.46. The summed E-state index contributed by atoms with van der Waals surface area (Å²) in [7, 11) is 0. The molecule has 4 rings (SSSR count). The molecule has 1 aromatic carbocycles. The van der Waals surface area contributed by atoms with E-state index >= 15 is 0 Å². The summed E-state index contributed by atoms with van der Waals surface area (Å²) in [5.74, 6) is 0.160. The highest BCUT2D eigenvalue weighted by atomic mass is 79.9. The Hall–Kier alpha value is -3.52. The number of halogens is 1. The van der Waals surface area contributed by atoms with E-state index in [9.17, 15) is 9.59 Å². The summed E-state index contributed by atoms with van der Waals surface area (Å²) in [5, 5.41) is 3.21. The van der Waals surface area contributed by atoms with Crippen molar-refractivity contribution in [2.75, 3.05) is 11.9 Å². The molecule has 0 fully saturated rings. The first kappa shape index (κ1) is 24.6. The molecule has 1 atom stereocenters. The molecule has 0 amide bonds. The van der Waals surface area contributed by atoms with Crippen LogP contribution in [0.3, 0.4) is 0 Å². The van der Waals surface area contributed by atoms with Crippen LogP contribution in [0.2, 0.25) is 0 Å². The van der Waals surface area contributed by atoms with E-state index in [1.807, 2.05) is 42.6 Å². The highest BCUT2D eigenvalue weighted by Gasteiger charge is 2.19. The number of H-pyrrole nitrogens is 2. The molecule has 4 aromatic rings. The van der Waals surface area contributed by atoms with Crippen molar-refractivity contribution >= 4 is 21.9 Å². The van der Waals surface area contributed by atoms with Gasteiger partial charge in [-0.25, -0.2) is 4.98 Å². The van der Waals surface area contributed by atoms with Gasteiger partial charge in [-0.2, -0.15) is 0 Å². The molecule has 180 valence electrons. The zero-order valence-corrected chi connectivity index (χ0v) is 21.1. The van der Waals surface area contributed by atoms with Gasteiger partial charge in [0, 0.05) is 52.8 Å². The van der Waals surface area contributed by atoms with Crippen LogP contribution in [0, 0.1) is 6.92 Å². The number of benzene rings is 1. The molecule has 3 heterocycles. The van der Waals surface area contributed by atoms with Gasteiger partial charge in [0.2, 0.25) is 11.5 Å². The van der Waals surface area contributed by atoms with Gasteiger partial charge >= 0.3 is 0 Å². The molecule has 3 N–H and O–H groups in total. The molecule has 8 heteroatoms. The lowest BCUT2D eigenvalue weighted by Gasteiger charge is -2.17. The maximum absolute atomic E-state index is 13.0. The Labute approximate surface area is 212 Å². The van der Waals surface area contributed by atoms with Gasteiger partial charge < -0.3 is 10.3 Å². The topological polar surface area (TPSA) is 104 Å². The molecule has 0 radical (unpaired) electrons. The fraction of sp³-hybridized carbons (Fsp3) is 0.259. The molecule has 0 spiro atoms. The van der Waals surface area contributed by atoms with Crippen molar-refractivity contribution < 1.29 is 0 Å². The van der Waals surface area contributed by atoms with Crippen LogP contribution in [0.5, 0.6) is 0 Å². The Morgan fingerprint density at radius 2 is 1.86 bits per heavy atom. The van der Waals surface area contributed by atoms with Crippen LogP contribution < -0.4 is 16.4 Å². The van der Waals surface area contributed by atoms with Gasteiger partial charge in [0.25, 0.3) is 5.56 Å². The summed E-state index contributed by atoms with van der Waals surface area (Å²) in [5.41, 5.74) is 4.27. The molecular weight excluding hydrogens is 506 g/mol. The van der Waals surface area contributed by atoms with Crippen LogP contribution >= 0.6 is 15.9 Å². The largest absolute Gasteiger partial charge is 0.356 e. The fourth-order valence-corrected chi connectivity index (χ4v) is 4.58. The predicted molar refractivity (Wildman–Crippen MR) is 142 cm³/mol. The fourth-order valence-electron chi connectivity index (χ4n) is 4.13. The average Bonchev–Trinajstić information content (AvgIpc) is 2.84. The number of nitrogens with one attached hydrogen (secondary N) is 3. The number of aromatic amines is 2. The lowest BCUT2D eigenvalue weighted by molar-refractivity contribution is 0.738. The van der Waals surface area contributed by atoms with Crippen molar-refractivity contribution in [2.24, 2.45) is 0 Å². The number of pyridine rings is 2. The second kappa shape index (κ2) is 11.8. The van der Waals surface area contributed by atoms with Gasteiger partial charge in [0.05, 0.1) is 0 Å². The predicted octanol–water partition coefficient (Wildman–Crippen LogP) is 4.73. The summed E-state index contributed by atoms with van der Waals surface area (Å²) < 4.78 is 0.990. The number of rotatable bonds is 10.